The van der Waals surface area contributed by atoms with Crippen molar-refractivity contribution < 1.29 is 14.3 Å². The summed E-state index contributed by atoms with van der Waals surface area (Å²) >= 11 is 7.44. The van der Waals surface area contributed by atoms with E-state index in [0.29, 0.717) is 27.2 Å². The van der Waals surface area contributed by atoms with Gasteiger partial charge in [0, 0.05) is 16.7 Å². The molecule has 1 heterocycles. The lowest BCUT2D eigenvalue weighted by atomic mass is 10.2. The maximum atomic E-state index is 12.5. The lowest BCUT2D eigenvalue weighted by Gasteiger charge is -2.07. The average Bonchev–Trinajstić information content (AvgIpc) is 2.96. The number of hydrogen-bond donors (Lipinski definition) is 1. The van der Waals surface area contributed by atoms with Gasteiger partial charge in [0.05, 0.1) is 24.4 Å². The molecule has 0 aliphatic heterocycles. The number of thiazole rings is 1. The van der Waals surface area contributed by atoms with Crippen LogP contribution in [0.2, 0.25) is 5.02 Å². The summed E-state index contributed by atoms with van der Waals surface area (Å²) in [5.74, 6) is 0.813. The normalized spacial score (nSPS) is 10.7. The predicted molar refractivity (Wildman–Crippen MR) is 96.9 cm³/mol. The Kier molecular flexibility index (Phi) is 4.59. The fourth-order valence-corrected chi connectivity index (χ4v) is 3.63. The van der Waals surface area contributed by atoms with Gasteiger partial charge in [-0.25, -0.2) is 4.98 Å². The lowest BCUT2D eigenvalue weighted by Crippen LogP contribution is -2.12. The van der Waals surface area contributed by atoms with Crippen LogP contribution < -0.4 is 14.8 Å². The monoisotopic (exact) mass is 362 g/mol. The second-order valence-corrected chi connectivity index (χ2v) is 6.61. The Hall–Kier alpha value is -2.31. The van der Waals surface area contributed by atoms with E-state index in [2.05, 4.69) is 10.3 Å². The average molecular weight is 363 g/mol. The largest absolute Gasteiger partial charge is 0.497 e. The summed E-state index contributed by atoms with van der Waals surface area (Å²) in [4.78, 5) is 17.0. The highest BCUT2D eigenvalue weighted by Gasteiger charge is 2.14. The number of carbonyl (C=O) groups is 1. The molecule has 2 aromatic carbocycles. The third-order valence-corrected chi connectivity index (χ3v) is 4.62. The van der Waals surface area contributed by atoms with Gasteiger partial charge in [-0.05, 0) is 36.8 Å². The summed E-state index contributed by atoms with van der Waals surface area (Å²) in [6.45, 7) is 1.94. The molecule has 0 atom stereocenters. The van der Waals surface area contributed by atoms with Crippen molar-refractivity contribution in [1.82, 2.24) is 4.98 Å². The molecule has 5 nitrogen and oxygen atoms in total. The standard InChI is InChI=1S/C17H15ClN2O3S/c1-9-4-11(18)7-14-15(9)19-17(24-14)20-16(21)10-5-12(22-2)8-13(6-10)23-3/h4-8H,1-3H3,(H,19,20,21). The third-order valence-electron chi connectivity index (χ3n) is 3.48. The molecule has 0 unspecified atom stereocenters. The number of nitrogens with one attached hydrogen (secondary N) is 1. The summed E-state index contributed by atoms with van der Waals surface area (Å²) in [6, 6.07) is 8.69. The number of benzene rings is 2. The minimum atomic E-state index is -0.282. The van der Waals surface area contributed by atoms with Crippen molar-refractivity contribution in [1.29, 1.82) is 0 Å². The Labute approximate surface area is 148 Å². The first-order valence-electron chi connectivity index (χ1n) is 7.11. The van der Waals surface area contributed by atoms with Crippen LogP contribution in [0.1, 0.15) is 15.9 Å². The first kappa shape index (κ1) is 16.5. The van der Waals surface area contributed by atoms with Gasteiger partial charge in [0.2, 0.25) is 0 Å². The summed E-state index contributed by atoms with van der Waals surface area (Å²) < 4.78 is 11.3. The number of hydrogen-bond acceptors (Lipinski definition) is 5. The number of aryl methyl sites for hydroxylation is 1. The van der Waals surface area contributed by atoms with Gasteiger partial charge in [-0.2, -0.15) is 0 Å². The quantitative estimate of drug-likeness (QED) is 0.740. The number of aromatic nitrogens is 1. The highest BCUT2D eigenvalue weighted by Crippen LogP contribution is 2.31. The third kappa shape index (κ3) is 3.29. The van der Waals surface area contributed by atoms with Crippen LogP contribution in [-0.2, 0) is 0 Å². The maximum absolute atomic E-state index is 12.5. The molecule has 0 spiro atoms. The first-order chi connectivity index (χ1) is 11.5. The zero-order chi connectivity index (χ0) is 17.3. The number of fused-ring (bicyclic) bond motifs is 1. The maximum Gasteiger partial charge on any atom is 0.257 e. The van der Waals surface area contributed by atoms with Crippen molar-refractivity contribution in [3.63, 3.8) is 0 Å². The Morgan fingerprint density at radius 3 is 2.42 bits per heavy atom. The van der Waals surface area contributed by atoms with Crippen molar-refractivity contribution in [2.24, 2.45) is 0 Å². The van der Waals surface area contributed by atoms with Gasteiger partial charge in [0.1, 0.15) is 11.5 Å². The van der Waals surface area contributed by atoms with E-state index in [1.807, 2.05) is 19.1 Å². The smallest absolute Gasteiger partial charge is 0.257 e. The number of amides is 1. The highest BCUT2D eigenvalue weighted by atomic mass is 35.5. The van der Waals surface area contributed by atoms with Crippen molar-refractivity contribution in [2.75, 3.05) is 19.5 Å². The number of nitrogens with zero attached hydrogens (tertiary/aromatic N) is 1. The molecule has 3 aromatic rings. The SMILES string of the molecule is COc1cc(OC)cc(C(=O)Nc2nc3c(C)cc(Cl)cc3s2)c1. The predicted octanol–water partition coefficient (Wildman–Crippen LogP) is 4.53. The summed E-state index contributed by atoms with van der Waals surface area (Å²) in [7, 11) is 3.08. The topological polar surface area (TPSA) is 60.5 Å². The van der Waals surface area contributed by atoms with Crippen LogP contribution >= 0.6 is 22.9 Å². The van der Waals surface area contributed by atoms with E-state index in [-0.39, 0.29) is 5.91 Å². The number of methoxy groups -OCH3 is 2. The Morgan fingerprint density at radius 1 is 1.12 bits per heavy atom. The van der Waals surface area contributed by atoms with Gasteiger partial charge in [-0.1, -0.05) is 22.9 Å². The molecule has 0 aliphatic carbocycles. The van der Waals surface area contributed by atoms with E-state index >= 15 is 0 Å². The van der Waals surface area contributed by atoms with Gasteiger partial charge in [0.15, 0.2) is 5.13 Å². The fraction of sp³-hybridized carbons (Fsp3) is 0.176. The Morgan fingerprint density at radius 2 is 1.79 bits per heavy atom. The van der Waals surface area contributed by atoms with Crippen LogP contribution in [0, 0.1) is 6.92 Å². The minimum Gasteiger partial charge on any atom is -0.497 e. The zero-order valence-electron chi connectivity index (χ0n) is 13.3. The van der Waals surface area contributed by atoms with Gasteiger partial charge in [-0.3, -0.25) is 10.1 Å². The van der Waals surface area contributed by atoms with E-state index < -0.39 is 0 Å². The van der Waals surface area contributed by atoms with Crippen molar-refractivity contribution in [3.8, 4) is 11.5 Å². The van der Waals surface area contributed by atoms with E-state index in [0.717, 1.165) is 15.8 Å². The zero-order valence-corrected chi connectivity index (χ0v) is 14.9. The van der Waals surface area contributed by atoms with Crippen LogP contribution in [0.5, 0.6) is 11.5 Å². The van der Waals surface area contributed by atoms with Crippen LogP contribution in [0.4, 0.5) is 5.13 Å². The Bertz CT molecular complexity index is 901. The molecule has 24 heavy (non-hydrogen) atoms. The van der Waals surface area contributed by atoms with Crippen LogP contribution in [0.25, 0.3) is 10.2 Å². The van der Waals surface area contributed by atoms with Crippen LogP contribution in [0.3, 0.4) is 0 Å². The van der Waals surface area contributed by atoms with E-state index in [4.69, 9.17) is 21.1 Å². The molecule has 7 heteroatoms. The molecule has 0 saturated carbocycles. The van der Waals surface area contributed by atoms with Crippen LogP contribution in [0.15, 0.2) is 30.3 Å². The molecule has 124 valence electrons. The number of rotatable bonds is 4. The van der Waals surface area contributed by atoms with E-state index in [1.54, 1.807) is 18.2 Å². The highest BCUT2D eigenvalue weighted by molar-refractivity contribution is 7.22. The number of anilines is 1. The molecule has 0 aliphatic rings. The second-order valence-electron chi connectivity index (χ2n) is 5.14. The molecule has 3 rings (SSSR count). The molecule has 1 aromatic heterocycles. The van der Waals surface area contributed by atoms with E-state index in [9.17, 15) is 4.79 Å². The molecular formula is C17H15ClN2O3S. The van der Waals surface area contributed by atoms with E-state index in [1.165, 1.54) is 25.6 Å². The fourth-order valence-electron chi connectivity index (χ4n) is 2.32. The van der Waals surface area contributed by atoms with Crippen molar-refractivity contribution in [2.45, 2.75) is 6.92 Å². The van der Waals surface area contributed by atoms with Crippen molar-refractivity contribution in [3.05, 3.63) is 46.5 Å². The Balaban J connectivity index is 1.91. The van der Waals surface area contributed by atoms with Gasteiger partial charge >= 0.3 is 0 Å². The number of halogens is 1. The molecule has 0 saturated heterocycles. The molecular weight excluding hydrogens is 348 g/mol. The van der Waals surface area contributed by atoms with Gasteiger partial charge in [0.25, 0.3) is 5.91 Å². The lowest BCUT2D eigenvalue weighted by molar-refractivity contribution is 0.102. The summed E-state index contributed by atoms with van der Waals surface area (Å²) in [5, 5.41) is 3.98. The molecule has 0 bridgehead atoms. The first-order valence-corrected chi connectivity index (χ1v) is 8.30. The minimum absolute atomic E-state index is 0.282. The molecule has 1 N–H and O–H groups in total. The summed E-state index contributed by atoms with van der Waals surface area (Å²) in [5.41, 5.74) is 2.24. The summed E-state index contributed by atoms with van der Waals surface area (Å²) in [6.07, 6.45) is 0. The molecule has 0 radical (unpaired) electrons. The number of ether oxygens (including phenoxy) is 2. The molecule has 1 amide bonds. The number of carbonyl (C=O) groups excluding carboxylic acids is 1. The van der Waals surface area contributed by atoms with Crippen LogP contribution in [-0.4, -0.2) is 25.1 Å². The second kappa shape index (κ2) is 6.67. The molecule has 0 fully saturated rings. The van der Waals surface area contributed by atoms with Gasteiger partial charge in [-0.15, -0.1) is 0 Å². The van der Waals surface area contributed by atoms with Crippen molar-refractivity contribution >= 4 is 44.2 Å². The van der Waals surface area contributed by atoms with Gasteiger partial charge < -0.3 is 9.47 Å².